The Morgan fingerprint density at radius 2 is 1.95 bits per heavy atom. The molecule has 1 aromatic heterocycles. The van der Waals surface area contributed by atoms with Gasteiger partial charge in [-0.15, -0.1) is 0 Å². The maximum Gasteiger partial charge on any atom is 0.147 e. The Morgan fingerprint density at radius 3 is 2.60 bits per heavy atom. The lowest BCUT2D eigenvalue weighted by Crippen LogP contribution is -2.47. The van der Waals surface area contributed by atoms with Gasteiger partial charge in [0, 0.05) is 45.5 Å². The molecule has 0 spiro atoms. The molecule has 2 heterocycles. The monoisotopic (exact) mass is 277 g/mol. The van der Waals surface area contributed by atoms with Crippen LogP contribution in [-0.4, -0.2) is 54.1 Å². The molecule has 0 atom stereocenters. The van der Waals surface area contributed by atoms with Crippen molar-refractivity contribution in [2.45, 2.75) is 27.3 Å². The van der Waals surface area contributed by atoms with Crippen LogP contribution in [0.3, 0.4) is 0 Å². The second-order valence-electron chi connectivity index (χ2n) is 5.83. The Morgan fingerprint density at radius 1 is 1.20 bits per heavy atom. The highest BCUT2D eigenvalue weighted by atomic mass is 15.3. The summed E-state index contributed by atoms with van der Waals surface area (Å²) in [6.45, 7) is 14.0. The molecule has 0 unspecified atom stereocenters. The van der Waals surface area contributed by atoms with Crippen molar-refractivity contribution in [2.24, 2.45) is 5.92 Å². The maximum absolute atomic E-state index is 4.70. The Balaban J connectivity index is 1.89. The summed E-state index contributed by atoms with van der Waals surface area (Å²) < 4.78 is 0. The molecular weight excluding hydrogens is 250 g/mol. The third kappa shape index (κ3) is 4.42. The van der Waals surface area contributed by atoms with Crippen molar-refractivity contribution in [3.8, 4) is 0 Å². The molecule has 0 saturated carbocycles. The summed E-state index contributed by atoms with van der Waals surface area (Å²) in [5.74, 6) is 1.76. The number of rotatable bonds is 6. The van der Waals surface area contributed by atoms with Crippen LogP contribution >= 0.6 is 0 Å². The quantitative estimate of drug-likeness (QED) is 0.850. The number of piperazine rings is 1. The number of anilines is 1. The van der Waals surface area contributed by atoms with Crippen molar-refractivity contribution >= 4 is 5.82 Å². The number of hydrogen-bond donors (Lipinski definition) is 1. The number of nitrogens with zero attached hydrogens (tertiary/aromatic N) is 4. The van der Waals surface area contributed by atoms with Crippen molar-refractivity contribution < 1.29 is 0 Å². The molecule has 1 aliphatic rings. The molecule has 0 aliphatic carbocycles. The largest absolute Gasteiger partial charge is 0.353 e. The summed E-state index contributed by atoms with van der Waals surface area (Å²) in [6, 6.07) is 0. The first-order valence-electron chi connectivity index (χ1n) is 7.68. The van der Waals surface area contributed by atoms with Crippen LogP contribution in [0.1, 0.15) is 26.5 Å². The van der Waals surface area contributed by atoms with Gasteiger partial charge in [0.05, 0.1) is 11.9 Å². The van der Waals surface area contributed by atoms with Crippen molar-refractivity contribution in [3.05, 3.63) is 18.1 Å². The molecule has 0 aromatic carbocycles. The van der Waals surface area contributed by atoms with Gasteiger partial charge in [0.25, 0.3) is 0 Å². The lowest BCUT2D eigenvalue weighted by molar-refractivity contribution is 0.231. The highest BCUT2D eigenvalue weighted by Gasteiger charge is 2.18. The predicted octanol–water partition coefficient (Wildman–Crippen LogP) is 1.36. The van der Waals surface area contributed by atoms with Gasteiger partial charge >= 0.3 is 0 Å². The van der Waals surface area contributed by atoms with Crippen LogP contribution in [0.2, 0.25) is 0 Å². The zero-order chi connectivity index (χ0) is 14.4. The van der Waals surface area contributed by atoms with E-state index in [2.05, 4.69) is 40.9 Å². The molecule has 1 N–H and O–H groups in total. The van der Waals surface area contributed by atoms with Gasteiger partial charge in [-0.1, -0.05) is 20.8 Å². The molecule has 1 aliphatic heterocycles. The molecule has 0 amide bonds. The van der Waals surface area contributed by atoms with E-state index < -0.39 is 0 Å². The first-order chi connectivity index (χ1) is 9.69. The minimum Gasteiger partial charge on any atom is -0.353 e. The van der Waals surface area contributed by atoms with Gasteiger partial charge in [0.15, 0.2) is 0 Å². The summed E-state index contributed by atoms with van der Waals surface area (Å²) in [5.41, 5.74) is 1.02. The molecule has 2 rings (SSSR count). The first kappa shape index (κ1) is 15.2. The minimum atomic E-state index is 0.741. The van der Waals surface area contributed by atoms with Gasteiger partial charge in [0.1, 0.15) is 5.82 Å². The van der Waals surface area contributed by atoms with E-state index in [-0.39, 0.29) is 0 Å². The lowest BCUT2D eigenvalue weighted by atomic mass is 10.2. The average molecular weight is 277 g/mol. The predicted molar refractivity (Wildman–Crippen MR) is 82.9 cm³/mol. The van der Waals surface area contributed by atoms with Gasteiger partial charge in [-0.05, 0) is 12.5 Å². The zero-order valence-corrected chi connectivity index (χ0v) is 13.0. The molecule has 5 nitrogen and oxygen atoms in total. The van der Waals surface area contributed by atoms with E-state index in [9.17, 15) is 0 Å². The third-order valence-corrected chi connectivity index (χ3v) is 3.55. The Bertz CT molecular complexity index is 399. The van der Waals surface area contributed by atoms with E-state index in [1.54, 1.807) is 0 Å². The molecule has 112 valence electrons. The third-order valence-electron chi connectivity index (χ3n) is 3.55. The van der Waals surface area contributed by atoms with E-state index in [0.29, 0.717) is 0 Å². The molecule has 20 heavy (non-hydrogen) atoms. The Labute approximate surface area is 122 Å². The fourth-order valence-electron chi connectivity index (χ4n) is 2.56. The van der Waals surface area contributed by atoms with Crippen LogP contribution in [0.5, 0.6) is 0 Å². The fourth-order valence-corrected chi connectivity index (χ4v) is 2.56. The summed E-state index contributed by atoms with van der Waals surface area (Å²) in [7, 11) is 0. The second-order valence-corrected chi connectivity index (χ2v) is 5.83. The van der Waals surface area contributed by atoms with Crippen molar-refractivity contribution in [3.63, 3.8) is 0 Å². The summed E-state index contributed by atoms with van der Waals surface area (Å²) in [4.78, 5) is 13.9. The summed E-state index contributed by atoms with van der Waals surface area (Å²) >= 11 is 0. The summed E-state index contributed by atoms with van der Waals surface area (Å²) in [6.07, 6.45) is 3.73. The number of hydrogen-bond acceptors (Lipinski definition) is 5. The first-order valence-corrected chi connectivity index (χ1v) is 7.68. The average Bonchev–Trinajstić information content (AvgIpc) is 2.45. The molecule has 1 saturated heterocycles. The Kier molecular flexibility index (Phi) is 5.73. The van der Waals surface area contributed by atoms with Gasteiger partial charge in [0.2, 0.25) is 0 Å². The van der Waals surface area contributed by atoms with Gasteiger partial charge in [-0.2, -0.15) is 0 Å². The molecule has 0 radical (unpaired) electrons. The van der Waals surface area contributed by atoms with Crippen LogP contribution in [0.15, 0.2) is 12.4 Å². The van der Waals surface area contributed by atoms with Crippen LogP contribution < -0.4 is 10.2 Å². The van der Waals surface area contributed by atoms with Crippen LogP contribution in [0.25, 0.3) is 0 Å². The van der Waals surface area contributed by atoms with E-state index in [0.717, 1.165) is 56.7 Å². The standard InChI is InChI=1S/C15H27N5/c1-4-16-9-14-10-17-11-15(18-14)20-7-5-19(6-8-20)12-13(2)3/h10-11,13,16H,4-9,12H2,1-3H3. The van der Waals surface area contributed by atoms with Crippen LogP contribution in [0.4, 0.5) is 5.82 Å². The summed E-state index contributed by atoms with van der Waals surface area (Å²) in [5, 5.41) is 3.29. The van der Waals surface area contributed by atoms with Gasteiger partial charge in [-0.3, -0.25) is 9.88 Å². The highest BCUT2D eigenvalue weighted by molar-refractivity contribution is 5.37. The van der Waals surface area contributed by atoms with E-state index in [4.69, 9.17) is 4.98 Å². The van der Waals surface area contributed by atoms with Crippen molar-refractivity contribution in [1.82, 2.24) is 20.2 Å². The van der Waals surface area contributed by atoms with E-state index in [1.807, 2.05) is 12.4 Å². The van der Waals surface area contributed by atoms with Crippen molar-refractivity contribution in [1.29, 1.82) is 0 Å². The molecular formula is C15H27N5. The van der Waals surface area contributed by atoms with Gasteiger partial charge < -0.3 is 10.2 Å². The SMILES string of the molecule is CCNCc1cncc(N2CCN(CC(C)C)CC2)n1. The smallest absolute Gasteiger partial charge is 0.147 e. The number of aromatic nitrogens is 2. The zero-order valence-electron chi connectivity index (χ0n) is 13.0. The molecule has 5 heteroatoms. The van der Waals surface area contributed by atoms with E-state index >= 15 is 0 Å². The van der Waals surface area contributed by atoms with Gasteiger partial charge in [-0.25, -0.2) is 4.98 Å². The second kappa shape index (κ2) is 7.55. The Hall–Kier alpha value is -1.20. The molecule has 1 aromatic rings. The lowest BCUT2D eigenvalue weighted by Gasteiger charge is -2.36. The molecule has 1 fully saturated rings. The van der Waals surface area contributed by atoms with Crippen LogP contribution in [-0.2, 0) is 6.54 Å². The van der Waals surface area contributed by atoms with Crippen molar-refractivity contribution in [2.75, 3.05) is 44.2 Å². The van der Waals surface area contributed by atoms with Crippen LogP contribution in [0, 0.1) is 5.92 Å². The van der Waals surface area contributed by atoms with E-state index in [1.165, 1.54) is 6.54 Å². The normalized spacial score (nSPS) is 16.9. The fraction of sp³-hybridized carbons (Fsp3) is 0.733. The minimum absolute atomic E-state index is 0.741. The topological polar surface area (TPSA) is 44.3 Å². The number of nitrogens with one attached hydrogen (secondary N) is 1. The highest BCUT2D eigenvalue weighted by Crippen LogP contribution is 2.13. The molecule has 0 bridgehead atoms. The maximum atomic E-state index is 4.70.